The molecule has 1 unspecified atom stereocenters. The van der Waals surface area contributed by atoms with Crippen molar-refractivity contribution in [1.82, 2.24) is 0 Å². The third-order valence-electron chi connectivity index (χ3n) is 3.82. The maximum Gasteiger partial charge on any atom is 0.333 e. The van der Waals surface area contributed by atoms with Crippen LogP contribution in [0.1, 0.15) is 53.4 Å². The van der Waals surface area contributed by atoms with Gasteiger partial charge >= 0.3 is 5.97 Å². The van der Waals surface area contributed by atoms with Crippen LogP contribution < -0.4 is 0 Å². The molecule has 1 aliphatic heterocycles. The van der Waals surface area contributed by atoms with Crippen molar-refractivity contribution in [2.45, 2.75) is 64.8 Å². The number of hydrogen-bond donors (Lipinski definition) is 0. The highest BCUT2D eigenvalue weighted by Crippen LogP contribution is 2.38. The molecule has 1 fully saturated rings. The summed E-state index contributed by atoms with van der Waals surface area (Å²) in [6.07, 6.45) is 2.97. The highest BCUT2D eigenvalue weighted by Gasteiger charge is 2.44. The normalized spacial score (nSPS) is 24.0. The minimum absolute atomic E-state index is 0.321. The average Bonchev–Trinajstić information content (AvgIpc) is 2.43. The van der Waals surface area contributed by atoms with E-state index in [1.807, 2.05) is 13.8 Å². The van der Waals surface area contributed by atoms with Crippen LogP contribution in [0.15, 0.2) is 12.2 Å². The Labute approximate surface area is 133 Å². The lowest BCUT2D eigenvalue weighted by molar-refractivity contribution is -0.294. The van der Waals surface area contributed by atoms with Crippen LogP contribution in [0.5, 0.6) is 0 Å². The second-order valence-corrected chi connectivity index (χ2v) is 6.02. The number of carbonyl (C=O) groups excluding carboxylic acids is 1. The molecule has 0 aromatic heterocycles. The summed E-state index contributed by atoms with van der Waals surface area (Å²) in [6.45, 7) is 13.5. The summed E-state index contributed by atoms with van der Waals surface area (Å²) in [7, 11) is 0. The Balaban J connectivity index is 2.50. The zero-order chi connectivity index (χ0) is 16.6. The SMILES string of the molecule is C=C(C)C(=O)OCCCC1(C)CC(OCC)(OCC)CCO1. The van der Waals surface area contributed by atoms with E-state index in [1.165, 1.54) is 0 Å². The van der Waals surface area contributed by atoms with Gasteiger partial charge in [-0.2, -0.15) is 0 Å². The highest BCUT2D eigenvalue weighted by molar-refractivity contribution is 5.86. The van der Waals surface area contributed by atoms with E-state index in [9.17, 15) is 4.79 Å². The molecule has 5 nitrogen and oxygen atoms in total. The average molecular weight is 314 g/mol. The van der Waals surface area contributed by atoms with Crippen molar-refractivity contribution in [1.29, 1.82) is 0 Å². The van der Waals surface area contributed by atoms with Gasteiger partial charge in [0.2, 0.25) is 0 Å². The molecule has 1 heterocycles. The molecule has 22 heavy (non-hydrogen) atoms. The second-order valence-electron chi connectivity index (χ2n) is 6.02. The summed E-state index contributed by atoms with van der Waals surface area (Å²) in [5.41, 5.74) is 0.102. The van der Waals surface area contributed by atoms with Crippen molar-refractivity contribution >= 4 is 5.97 Å². The number of esters is 1. The van der Waals surface area contributed by atoms with E-state index < -0.39 is 5.79 Å². The summed E-state index contributed by atoms with van der Waals surface area (Å²) in [5, 5.41) is 0. The Morgan fingerprint density at radius 2 is 1.91 bits per heavy atom. The molecule has 0 N–H and O–H groups in total. The van der Waals surface area contributed by atoms with Gasteiger partial charge in [-0.05, 0) is 40.5 Å². The van der Waals surface area contributed by atoms with Gasteiger partial charge < -0.3 is 18.9 Å². The van der Waals surface area contributed by atoms with Crippen molar-refractivity contribution in [3.8, 4) is 0 Å². The quantitative estimate of drug-likeness (QED) is 0.283. The van der Waals surface area contributed by atoms with Crippen LogP contribution in [-0.4, -0.2) is 43.8 Å². The zero-order valence-electron chi connectivity index (χ0n) is 14.4. The Hall–Kier alpha value is -0.910. The Morgan fingerprint density at radius 3 is 2.45 bits per heavy atom. The maximum atomic E-state index is 11.4. The van der Waals surface area contributed by atoms with E-state index in [2.05, 4.69) is 13.5 Å². The molecule has 1 atom stereocenters. The molecule has 1 aliphatic rings. The molecule has 1 saturated heterocycles. The minimum atomic E-state index is -0.551. The van der Waals surface area contributed by atoms with Crippen LogP contribution in [0.25, 0.3) is 0 Å². The lowest BCUT2D eigenvalue weighted by atomic mass is 9.87. The van der Waals surface area contributed by atoms with Gasteiger partial charge in [-0.15, -0.1) is 0 Å². The zero-order valence-corrected chi connectivity index (χ0v) is 14.4. The predicted octanol–water partition coefficient (Wildman–Crippen LogP) is 3.22. The van der Waals surface area contributed by atoms with Gasteiger partial charge in [0.15, 0.2) is 5.79 Å². The van der Waals surface area contributed by atoms with Gasteiger partial charge in [-0.3, -0.25) is 0 Å². The van der Waals surface area contributed by atoms with Crippen molar-refractivity contribution in [2.75, 3.05) is 26.4 Å². The molecule has 0 spiro atoms. The third kappa shape index (κ3) is 5.71. The molecule has 5 heteroatoms. The summed E-state index contributed by atoms with van der Waals surface area (Å²) >= 11 is 0. The van der Waals surface area contributed by atoms with Gasteiger partial charge in [-0.25, -0.2) is 4.79 Å². The van der Waals surface area contributed by atoms with Gasteiger partial charge in [0.05, 0.1) is 18.8 Å². The van der Waals surface area contributed by atoms with E-state index in [4.69, 9.17) is 18.9 Å². The number of carbonyl (C=O) groups is 1. The van der Waals surface area contributed by atoms with Crippen LogP contribution in [0.3, 0.4) is 0 Å². The molecule has 0 amide bonds. The van der Waals surface area contributed by atoms with E-state index in [0.717, 1.165) is 19.3 Å². The number of rotatable bonds is 9. The minimum Gasteiger partial charge on any atom is -0.462 e. The molecule has 0 radical (unpaired) electrons. The third-order valence-corrected chi connectivity index (χ3v) is 3.82. The Morgan fingerprint density at radius 1 is 1.27 bits per heavy atom. The molecular weight excluding hydrogens is 284 g/mol. The number of hydrogen-bond acceptors (Lipinski definition) is 5. The van der Waals surface area contributed by atoms with Crippen molar-refractivity contribution < 1.29 is 23.7 Å². The summed E-state index contributed by atoms with van der Waals surface area (Å²) < 4.78 is 22.8. The molecular formula is C17H30O5. The standard InChI is InChI=1S/C17H30O5/c1-6-20-17(21-7-2)10-12-22-16(5,13-17)9-8-11-19-15(18)14(3)4/h3,6-13H2,1-2,4-5H3. The fourth-order valence-electron chi connectivity index (χ4n) is 2.87. The van der Waals surface area contributed by atoms with Crippen molar-refractivity contribution in [3.63, 3.8) is 0 Å². The smallest absolute Gasteiger partial charge is 0.333 e. The largest absolute Gasteiger partial charge is 0.462 e. The van der Waals surface area contributed by atoms with Gasteiger partial charge in [-0.1, -0.05) is 6.58 Å². The van der Waals surface area contributed by atoms with E-state index in [-0.39, 0.29) is 11.6 Å². The first-order valence-electron chi connectivity index (χ1n) is 8.11. The van der Waals surface area contributed by atoms with Crippen LogP contribution in [0.4, 0.5) is 0 Å². The monoisotopic (exact) mass is 314 g/mol. The predicted molar refractivity (Wildman–Crippen MR) is 84.6 cm³/mol. The summed E-state index contributed by atoms with van der Waals surface area (Å²) in [6, 6.07) is 0. The maximum absolute atomic E-state index is 11.4. The first kappa shape index (κ1) is 19.1. The van der Waals surface area contributed by atoms with Crippen LogP contribution >= 0.6 is 0 Å². The molecule has 0 aromatic carbocycles. The van der Waals surface area contributed by atoms with Gasteiger partial charge in [0, 0.05) is 31.6 Å². The molecule has 0 aliphatic carbocycles. The molecule has 0 saturated carbocycles. The van der Waals surface area contributed by atoms with Crippen LogP contribution in [0.2, 0.25) is 0 Å². The van der Waals surface area contributed by atoms with Gasteiger partial charge in [0.25, 0.3) is 0 Å². The lowest BCUT2D eigenvalue weighted by Gasteiger charge is -2.45. The van der Waals surface area contributed by atoms with E-state index >= 15 is 0 Å². The van der Waals surface area contributed by atoms with Crippen molar-refractivity contribution in [2.24, 2.45) is 0 Å². The topological polar surface area (TPSA) is 54.0 Å². The lowest BCUT2D eigenvalue weighted by Crippen LogP contribution is -2.50. The molecule has 1 rings (SSSR count). The van der Waals surface area contributed by atoms with Gasteiger partial charge in [0.1, 0.15) is 0 Å². The first-order chi connectivity index (χ1) is 10.4. The van der Waals surface area contributed by atoms with E-state index in [1.54, 1.807) is 6.92 Å². The Bertz CT molecular complexity index is 368. The fourth-order valence-corrected chi connectivity index (χ4v) is 2.87. The summed E-state index contributed by atoms with van der Waals surface area (Å²) in [5.74, 6) is -0.891. The second kappa shape index (κ2) is 8.65. The van der Waals surface area contributed by atoms with Crippen molar-refractivity contribution in [3.05, 3.63) is 12.2 Å². The Kier molecular flexibility index (Phi) is 7.53. The first-order valence-corrected chi connectivity index (χ1v) is 8.11. The number of ether oxygens (including phenoxy) is 4. The molecule has 0 aromatic rings. The molecule has 0 bridgehead atoms. The molecule has 128 valence electrons. The van der Waals surface area contributed by atoms with Crippen LogP contribution in [-0.2, 0) is 23.7 Å². The summed E-state index contributed by atoms with van der Waals surface area (Å²) in [4.78, 5) is 11.4. The van der Waals surface area contributed by atoms with E-state index in [0.29, 0.717) is 38.4 Å². The highest BCUT2D eigenvalue weighted by atomic mass is 16.7. The fraction of sp³-hybridized carbons (Fsp3) is 0.824. The van der Waals surface area contributed by atoms with Crippen LogP contribution in [0, 0.1) is 0 Å².